The Morgan fingerprint density at radius 1 is 0.838 bits per heavy atom. The van der Waals surface area contributed by atoms with Gasteiger partial charge in [-0.3, -0.25) is 19.8 Å². The third kappa shape index (κ3) is 4.56. The molecule has 1 saturated heterocycles. The van der Waals surface area contributed by atoms with Gasteiger partial charge < -0.3 is 5.32 Å². The predicted octanol–water partition coefficient (Wildman–Crippen LogP) is 6.86. The molecule has 1 N–H and O–H groups in total. The zero-order valence-electron chi connectivity index (χ0n) is 24.6. The zero-order valence-corrected chi connectivity index (χ0v) is 24.6. The molecule has 6 nitrogen and oxygen atoms in total. The van der Waals surface area contributed by atoms with E-state index in [1.54, 1.807) is 0 Å². The lowest BCUT2D eigenvalue weighted by Crippen LogP contribution is -2.34. The molecule has 1 unspecified atom stereocenters. The van der Waals surface area contributed by atoms with Crippen LogP contribution in [0.4, 0.5) is 0 Å². The van der Waals surface area contributed by atoms with Crippen molar-refractivity contribution in [3.63, 3.8) is 0 Å². The first-order chi connectivity index (χ1) is 16.8. The van der Waals surface area contributed by atoms with Crippen LogP contribution in [-0.4, -0.2) is 28.6 Å². The van der Waals surface area contributed by atoms with Gasteiger partial charge in [0, 0.05) is 69.5 Å². The SMILES string of the molecule is C/C(C1=NC(C)(C#N)C(C)(C)C1)=C1N=C(/C=C2N=C(/C(C)=C3\NC(=O)CC3(C)C)CC/2(C)C)CC/1(C)C. The van der Waals surface area contributed by atoms with E-state index in [0.29, 0.717) is 6.42 Å². The van der Waals surface area contributed by atoms with Gasteiger partial charge in [-0.05, 0) is 44.4 Å². The normalized spacial score (nSPS) is 33.1. The van der Waals surface area contributed by atoms with E-state index >= 15 is 0 Å². The summed E-state index contributed by atoms with van der Waals surface area (Å²) in [5.74, 6) is 0.0792. The number of hydrogen-bond acceptors (Lipinski definition) is 5. The second-order valence-electron chi connectivity index (χ2n) is 14.2. The Morgan fingerprint density at radius 3 is 2.03 bits per heavy atom. The van der Waals surface area contributed by atoms with Gasteiger partial charge in [0.1, 0.15) is 5.54 Å². The summed E-state index contributed by atoms with van der Waals surface area (Å²) in [4.78, 5) is 27.2. The molecule has 4 aliphatic heterocycles. The molecule has 0 aromatic heterocycles. The van der Waals surface area contributed by atoms with E-state index in [0.717, 1.165) is 64.6 Å². The Balaban J connectivity index is 1.72. The Morgan fingerprint density at radius 2 is 1.49 bits per heavy atom. The topological polar surface area (TPSA) is 90.0 Å². The third-order valence-electron chi connectivity index (χ3n) is 9.02. The van der Waals surface area contributed by atoms with Gasteiger partial charge in [-0.1, -0.05) is 55.4 Å². The summed E-state index contributed by atoms with van der Waals surface area (Å²) in [7, 11) is 0. The molecule has 0 radical (unpaired) electrons. The third-order valence-corrected chi connectivity index (χ3v) is 9.02. The number of carbonyl (C=O) groups excluding carboxylic acids is 1. The van der Waals surface area contributed by atoms with Crippen LogP contribution < -0.4 is 5.32 Å². The second kappa shape index (κ2) is 8.35. The summed E-state index contributed by atoms with van der Waals surface area (Å²) < 4.78 is 0. The highest BCUT2D eigenvalue weighted by atomic mass is 16.2. The van der Waals surface area contributed by atoms with E-state index in [9.17, 15) is 10.1 Å². The standard InChI is InChI=1S/C31H43N5O/c1-18(26-29(7,8)16-24(37)35-26)21-14-27(3,4)23(34-21)12-20-13-28(5,6)25(33-20)19(2)22-15-30(9,10)31(11,17-32)36-22/h12H,13-16H2,1-11H3,(H,35,37)/b23-12+,25-19-,26-18-. The fraction of sp³-hybridized carbons (Fsp3) is 0.645. The lowest BCUT2D eigenvalue weighted by atomic mass is 9.73. The number of nitrogens with zero attached hydrogens (tertiary/aromatic N) is 4. The van der Waals surface area contributed by atoms with Crippen molar-refractivity contribution in [1.82, 2.24) is 5.32 Å². The molecular weight excluding hydrogens is 458 g/mol. The molecule has 0 aliphatic carbocycles. The Kier molecular flexibility index (Phi) is 6.14. The van der Waals surface area contributed by atoms with E-state index in [1.165, 1.54) is 0 Å². The molecule has 4 rings (SSSR count). The van der Waals surface area contributed by atoms with E-state index in [-0.39, 0.29) is 27.6 Å². The quantitative estimate of drug-likeness (QED) is 0.458. The Labute approximate surface area is 222 Å². The predicted molar refractivity (Wildman–Crippen MR) is 152 cm³/mol. The van der Waals surface area contributed by atoms with Crippen LogP contribution in [0.15, 0.2) is 49.3 Å². The number of rotatable bonds is 3. The van der Waals surface area contributed by atoms with Crippen molar-refractivity contribution in [3.8, 4) is 6.07 Å². The molecule has 0 spiro atoms. The highest BCUT2D eigenvalue weighted by Gasteiger charge is 2.48. The average molecular weight is 502 g/mol. The van der Waals surface area contributed by atoms with E-state index < -0.39 is 5.54 Å². The van der Waals surface area contributed by atoms with Gasteiger partial charge in [-0.2, -0.15) is 5.26 Å². The van der Waals surface area contributed by atoms with Gasteiger partial charge in [-0.15, -0.1) is 0 Å². The Bertz CT molecular complexity index is 1300. The minimum atomic E-state index is -0.722. The first kappa shape index (κ1) is 27.2. The summed E-state index contributed by atoms with van der Waals surface area (Å²) in [6, 6.07) is 2.44. The summed E-state index contributed by atoms with van der Waals surface area (Å²) >= 11 is 0. The molecule has 1 amide bonds. The lowest BCUT2D eigenvalue weighted by Gasteiger charge is -2.29. The molecule has 0 aromatic carbocycles. The van der Waals surface area contributed by atoms with Crippen LogP contribution >= 0.6 is 0 Å². The van der Waals surface area contributed by atoms with Crippen molar-refractivity contribution in [1.29, 1.82) is 5.26 Å². The number of aliphatic imine (C=N–C) groups is 3. The molecule has 0 aromatic rings. The van der Waals surface area contributed by atoms with E-state index in [2.05, 4.69) is 86.7 Å². The molecule has 0 bridgehead atoms. The highest BCUT2D eigenvalue weighted by molar-refractivity contribution is 6.07. The van der Waals surface area contributed by atoms with Gasteiger partial charge in [0.05, 0.1) is 11.8 Å². The number of carbonyl (C=O) groups is 1. The molecular formula is C31H43N5O. The van der Waals surface area contributed by atoms with Gasteiger partial charge >= 0.3 is 0 Å². The van der Waals surface area contributed by atoms with Gasteiger partial charge in [0.15, 0.2) is 0 Å². The van der Waals surface area contributed by atoms with Crippen molar-refractivity contribution in [2.24, 2.45) is 36.6 Å². The maximum absolute atomic E-state index is 12.1. The molecule has 4 aliphatic rings. The second-order valence-corrected chi connectivity index (χ2v) is 14.2. The van der Waals surface area contributed by atoms with Gasteiger partial charge in [0.2, 0.25) is 5.91 Å². The smallest absolute Gasteiger partial charge is 0.225 e. The summed E-state index contributed by atoms with van der Waals surface area (Å²) in [6.07, 6.45) is 5.12. The van der Waals surface area contributed by atoms with Crippen LogP contribution in [0.3, 0.4) is 0 Å². The largest absolute Gasteiger partial charge is 0.329 e. The fourth-order valence-electron chi connectivity index (χ4n) is 6.16. The highest BCUT2D eigenvalue weighted by Crippen LogP contribution is 2.48. The molecule has 1 fully saturated rings. The molecule has 0 saturated carbocycles. The first-order valence-electron chi connectivity index (χ1n) is 13.4. The monoisotopic (exact) mass is 501 g/mol. The number of amides is 1. The molecule has 4 heterocycles. The van der Waals surface area contributed by atoms with E-state index in [4.69, 9.17) is 15.0 Å². The van der Waals surface area contributed by atoms with Crippen molar-refractivity contribution in [2.45, 2.75) is 107 Å². The van der Waals surface area contributed by atoms with Crippen LogP contribution in [0.5, 0.6) is 0 Å². The number of hydrogen-bond donors (Lipinski definition) is 1. The molecule has 1 atom stereocenters. The van der Waals surface area contributed by atoms with Crippen molar-refractivity contribution >= 4 is 23.0 Å². The van der Waals surface area contributed by atoms with Gasteiger partial charge in [-0.25, -0.2) is 0 Å². The molecule has 198 valence electrons. The van der Waals surface area contributed by atoms with Crippen LogP contribution in [0.25, 0.3) is 0 Å². The summed E-state index contributed by atoms with van der Waals surface area (Å²) in [5, 5.41) is 12.9. The number of nitriles is 1. The summed E-state index contributed by atoms with van der Waals surface area (Å²) in [5.41, 5.74) is 6.98. The first-order valence-corrected chi connectivity index (χ1v) is 13.4. The fourth-order valence-corrected chi connectivity index (χ4v) is 6.16. The lowest BCUT2D eigenvalue weighted by molar-refractivity contribution is -0.119. The van der Waals surface area contributed by atoms with Crippen LogP contribution in [0, 0.1) is 33.0 Å². The zero-order chi connectivity index (χ0) is 27.8. The maximum Gasteiger partial charge on any atom is 0.225 e. The van der Waals surface area contributed by atoms with Crippen molar-refractivity contribution in [2.75, 3.05) is 0 Å². The number of allylic oxidation sites excluding steroid dienone is 6. The van der Waals surface area contributed by atoms with Crippen LogP contribution in [0.1, 0.15) is 102 Å². The van der Waals surface area contributed by atoms with Gasteiger partial charge in [0.25, 0.3) is 0 Å². The minimum Gasteiger partial charge on any atom is -0.329 e. The molecule has 6 heteroatoms. The van der Waals surface area contributed by atoms with Crippen LogP contribution in [-0.2, 0) is 4.79 Å². The number of nitrogens with one attached hydrogen (secondary N) is 1. The van der Waals surface area contributed by atoms with Crippen LogP contribution in [0.2, 0.25) is 0 Å². The average Bonchev–Trinajstić information content (AvgIpc) is 3.40. The van der Waals surface area contributed by atoms with Crippen molar-refractivity contribution in [3.05, 3.63) is 34.3 Å². The maximum atomic E-state index is 12.1. The molecule has 37 heavy (non-hydrogen) atoms. The van der Waals surface area contributed by atoms with E-state index in [1.807, 2.05) is 6.92 Å². The Hall–Kier alpha value is -2.81. The summed E-state index contributed by atoms with van der Waals surface area (Å²) in [6.45, 7) is 23.5. The van der Waals surface area contributed by atoms with Crippen molar-refractivity contribution < 1.29 is 4.79 Å². The minimum absolute atomic E-state index is 0.0792.